The predicted molar refractivity (Wildman–Crippen MR) is 97.3 cm³/mol. The van der Waals surface area contributed by atoms with Crippen molar-refractivity contribution in [3.63, 3.8) is 0 Å². The van der Waals surface area contributed by atoms with E-state index in [1.54, 1.807) is 19.1 Å². The summed E-state index contributed by atoms with van der Waals surface area (Å²) in [5.41, 5.74) is 5.36. The van der Waals surface area contributed by atoms with Crippen LogP contribution in [0.3, 0.4) is 0 Å². The molecule has 25 heavy (non-hydrogen) atoms. The number of hydrazone groups is 1. The van der Waals surface area contributed by atoms with Gasteiger partial charge in [0.05, 0.1) is 5.71 Å². The van der Waals surface area contributed by atoms with E-state index in [9.17, 15) is 9.59 Å². The van der Waals surface area contributed by atoms with Crippen LogP contribution >= 0.6 is 0 Å². The fraction of sp³-hybridized carbons (Fsp3) is 0.211. The monoisotopic (exact) mass is 339 g/mol. The van der Waals surface area contributed by atoms with Gasteiger partial charge in [0.1, 0.15) is 0 Å². The van der Waals surface area contributed by atoms with Crippen LogP contribution in [0.25, 0.3) is 0 Å². The Morgan fingerprint density at radius 2 is 1.76 bits per heavy atom. The average molecular weight is 339 g/mol. The standard InChI is InChI=1S/C19H21N3O3/c1-13(16-10-7-11-17(12-16)20-14(2)23)21-22-19(24)18(25-3)15-8-5-4-6-9-15/h4-12,18H,1-3H3,(H,20,23)(H,22,24)/b21-13+. The summed E-state index contributed by atoms with van der Waals surface area (Å²) in [6.45, 7) is 3.22. The van der Waals surface area contributed by atoms with Crippen LogP contribution in [-0.2, 0) is 14.3 Å². The third-order valence-electron chi connectivity index (χ3n) is 3.51. The van der Waals surface area contributed by atoms with Crippen molar-refractivity contribution in [2.24, 2.45) is 5.10 Å². The molecule has 0 aliphatic rings. The van der Waals surface area contributed by atoms with Gasteiger partial charge < -0.3 is 10.1 Å². The molecule has 0 saturated carbocycles. The molecule has 0 spiro atoms. The number of ether oxygens (including phenoxy) is 1. The second kappa shape index (κ2) is 8.75. The van der Waals surface area contributed by atoms with E-state index >= 15 is 0 Å². The van der Waals surface area contributed by atoms with E-state index in [1.807, 2.05) is 42.5 Å². The number of methoxy groups -OCH3 is 1. The second-order valence-electron chi connectivity index (χ2n) is 5.46. The fourth-order valence-electron chi connectivity index (χ4n) is 2.31. The van der Waals surface area contributed by atoms with E-state index < -0.39 is 6.10 Å². The van der Waals surface area contributed by atoms with Crippen LogP contribution in [-0.4, -0.2) is 24.6 Å². The van der Waals surface area contributed by atoms with Crippen molar-refractivity contribution in [1.82, 2.24) is 5.43 Å². The molecular formula is C19H21N3O3. The minimum atomic E-state index is -0.733. The zero-order valence-corrected chi connectivity index (χ0v) is 14.4. The third-order valence-corrected chi connectivity index (χ3v) is 3.51. The maximum atomic E-state index is 12.3. The van der Waals surface area contributed by atoms with Gasteiger partial charge in [-0.25, -0.2) is 5.43 Å². The smallest absolute Gasteiger partial charge is 0.273 e. The first-order valence-corrected chi connectivity index (χ1v) is 7.81. The second-order valence-corrected chi connectivity index (χ2v) is 5.46. The van der Waals surface area contributed by atoms with Gasteiger partial charge in [-0.1, -0.05) is 42.5 Å². The maximum absolute atomic E-state index is 12.3. The van der Waals surface area contributed by atoms with Gasteiger partial charge in [-0.05, 0) is 30.2 Å². The minimum Gasteiger partial charge on any atom is -0.367 e. The van der Waals surface area contributed by atoms with Crippen LogP contribution in [0.2, 0.25) is 0 Å². The lowest BCUT2D eigenvalue weighted by molar-refractivity contribution is -0.131. The van der Waals surface area contributed by atoms with Crippen molar-refractivity contribution in [1.29, 1.82) is 0 Å². The normalized spacial score (nSPS) is 12.4. The average Bonchev–Trinajstić information content (AvgIpc) is 2.61. The Kier molecular flexibility index (Phi) is 6.42. The summed E-state index contributed by atoms with van der Waals surface area (Å²) in [6, 6.07) is 16.4. The molecule has 130 valence electrons. The van der Waals surface area contributed by atoms with Crippen LogP contribution in [0.5, 0.6) is 0 Å². The molecule has 2 N–H and O–H groups in total. The minimum absolute atomic E-state index is 0.147. The van der Waals surface area contributed by atoms with Gasteiger partial charge in [0.25, 0.3) is 5.91 Å². The first kappa shape index (κ1) is 18.4. The van der Waals surface area contributed by atoms with E-state index in [1.165, 1.54) is 14.0 Å². The Hall–Kier alpha value is -2.99. The highest BCUT2D eigenvalue weighted by Crippen LogP contribution is 2.16. The van der Waals surface area contributed by atoms with Crippen molar-refractivity contribution < 1.29 is 14.3 Å². The summed E-state index contributed by atoms with van der Waals surface area (Å²) >= 11 is 0. The molecule has 2 rings (SSSR count). The van der Waals surface area contributed by atoms with Gasteiger partial charge in [-0.15, -0.1) is 0 Å². The predicted octanol–water partition coefficient (Wildman–Crippen LogP) is 2.87. The van der Waals surface area contributed by atoms with E-state index in [2.05, 4.69) is 15.8 Å². The molecule has 1 atom stereocenters. The van der Waals surface area contributed by atoms with Gasteiger partial charge in [0, 0.05) is 19.7 Å². The summed E-state index contributed by atoms with van der Waals surface area (Å²) in [5.74, 6) is -0.503. The van der Waals surface area contributed by atoms with Crippen molar-refractivity contribution >= 4 is 23.2 Å². The Bertz CT molecular complexity index is 772. The van der Waals surface area contributed by atoms with Crippen molar-refractivity contribution in [3.05, 3.63) is 65.7 Å². The zero-order chi connectivity index (χ0) is 18.2. The summed E-state index contributed by atoms with van der Waals surface area (Å²) in [5, 5.41) is 6.85. The van der Waals surface area contributed by atoms with E-state index in [-0.39, 0.29) is 11.8 Å². The number of hydrogen-bond donors (Lipinski definition) is 2. The van der Waals surface area contributed by atoms with Gasteiger partial charge >= 0.3 is 0 Å². The number of nitrogens with zero attached hydrogens (tertiary/aromatic N) is 1. The molecule has 2 aromatic rings. The number of nitrogens with one attached hydrogen (secondary N) is 2. The van der Waals surface area contributed by atoms with Crippen molar-refractivity contribution in [2.45, 2.75) is 20.0 Å². The summed E-state index contributed by atoms with van der Waals surface area (Å²) in [4.78, 5) is 23.5. The van der Waals surface area contributed by atoms with Crippen LogP contribution in [0.4, 0.5) is 5.69 Å². The molecule has 0 aromatic heterocycles. The lowest BCUT2D eigenvalue weighted by Crippen LogP contribution is -2.27. The maximum Gasteiger partial charge on any atom is 0.273 e. The number of carbonyl (C=O) groups excluding carboxylic acids is 2. The molecule has 0 aliphatic heterocycles. The Balaban J connectivity index is 2.09. The molecule has 2 aromatic carbocycles. The first-order chi connectivity index (χ1) is 12.0. The molecule has 6 nitrogen and oxygen atoms in total. The number of benzene rings is 2. The van der Waals surface area contributed by atoms with Crippen LogP contribution < -0.4 is 10.7 Å². The SMILES string of the molecule is COC(C(=O)N/N=C(\C)c1cccc(NC(C)=O)c1)c1ccccc1. The van der Waals surface area contributed by atoms with E-state index in [0.29, 0.717) is 11.4 Å². The third kappa shape index (κ3) is 5.26. The highest BCUT2D eigenvalue weighted by molar-refractivity contribution is 6.01. The summed E-state index contributed by atoms with van der Waals surface area (Å²) < 4.78 is 5.27. The summed E-state index contributed by atoms with van der Waals surface area (Å²) in [6.07, 6.45) is -0.733. The zero-order valence-electron chi connectivity index (χ0n) is 14.4. The Morgan fingerprint density at radius 1 is 1.04 bits per heavy atom. The highest BCUT2D eigenvalue weighted by Gasteiger charge is 2.19. The molecule has 0 fully saturated rings. The number of rotatable bonds is 6. The summed E-state index contributed by atoms with van der Waals surface area (Å²) in [7, 11) is 1.48. The van der Waals surface area contributed by atoms with Crippen LogP contribution in [0, 0.1) is 0 Å². The number of hydrogen-bond acceptors (Lipinski definition) is 4. The topological polar surface area (TPSA) is 79.8 Å². The molecule has 0 heterocycles. The molecule has 2 amide bonds. The molecular weight excluding hydrogens is 318 g/mol. The Labute approximate surface area is 146 Å². The lowest BCUT2D eigenvalue weighted by Gasteiger charge is -2.14. The molecule has 0 bridgehead atoms. The number of amides is 2. The molecule has 1 unspecified atom stereocenters. The van der Waals surface area contributed by atoms with Gasteiger partial charge in [0.2, 0.25) is 5.91 Å². The molecule has 6 heteroatoms. The van der Waals surface area contributed by atoms with Crippen LogP contribution in [0.15, 0.2) is 59.7 Å². The number of carbonyl (C=O) groups is 2. The van der Waals surface area contributed by atoms with Gasteiger partial charge in [-0.2, -0.15) is 5.10 Å². The molecule has 0 aliphatic carbocycles. The largest absolute Gasteiger partial charge is 0.367 e. The Morgan fingerprint density at radius 3 is 2.40 bits per heavy atom. The van der Waals surface area contributed by atoms with E-state index in [0.717, 1.165) is 11.1 Å². The van der Waals surface area contributed by atoms with Crippen molar-refractivity contribution in [3.8, 4) is 0 Å². The van der Waals surface area contributed by atoms with Crippen LogP contribution in [0.1, 0.15) is 31.1 Å². The van der Waals surface area contributed by atoms with E-state index in [4.69, 9.17) is 4.74 Å². The molecule has 0 saturated heterocycles. The quantitative estimate of drug-likeness (QED) is 0.627. The fourth-order valence-corrected chi connectivity index (χ4v) is 2.31. The molecule has 0 radical (unpaired) electrons. The van der Waals surface area contributed by atoms with Crippen molar-refractivity contribution in [2.75, 3.05) is 12.4 Å². The highest BCUT2D eigenvalue weighted by atomic mass is 16.5. The number of anilines is 1. The first-order valence-electron chi connectivity index (χ1n) is 7.81. The van der Waals surface area contributed by atoms with Gasteiger partial charge in [-0.3, -0.25) is 9.59 Å². The lowest BCUT2D eigenvalue weighted by atomic mass is 10.1. The van der Waals surface area contributed by atoms with Gasteiger partial charge in [0.15, 0.2) is 6.10 Å².